The van der Waals surface area contributed by atoms with Crippen molar-refractivity contribution in [3.05, 3.63) is 70.3 Å². The van der Waals surface area contributed by atoms with Gasteiger partial charge in [-0.15, -0.1) is 0 Å². The van der Waals surface area contributed by atoms with Gasteiger partial charge in [-0.05, 0) is 79.1 Å². The third kappa shape index (κ3) is 4.88. The number of carbonyl (C=O) groups excluding carboxylic acids is 1. The third-order valence-corrected chi connectivity index (χ3v) is 5.23. The summed E-state index contributed by atoms with van der Waals surface area (Å²) < 4.78 is 27.2. The first-order valence-corrected chi connectivity index (χ1v) is 9.51. The van der Waals surface area contributed by atoms with Gasteiger partial charge in [0.2, 0.25) is 5.91 Å². The van der Waals surface area contributed by atoms with E-state index >= 15 is 0 Å². The molecule has 0 radical (unpaired) electrons. The highest BCUT2D eigenvalue weighted by Crippen LogP contribution is 2.32. The molecule has 4 nitrogen and oxygen atoms in total. The van der Waals surface area contributed by atoms with Crippen LogP contribution in [0.3, 0.4) is 0 Å². The van der Waals surface area contributed by atoms with E-state index in [4.69, 9.17) is 5.11 Å². The fraction of sp³-hybridized carbons (Fsp3) is 0.304. The van der Waals surface area contributed by atoms with Crippen LogP contribution in [-0.4, -0.2) is 23.5 Å². The van der Waals surface area contributed by atoms with Crippen LogP contribution in [-0.2, 0) is 16.0 Å². The van der Waals surface area contributed by atoms with Crippen molar-refractivity contribution in [2.75, 3.05) is 11.4 Å². The molecule has 1 heterocycles. The molecule has 152 valence electrons. The van der Waals surface area contributed by atoms with Gasteiger partial charge in [0.15, 0.2) is 0 Å². The minimum atomic E-state index is -1.02. The molecule has 1 atom stereocenters. The number of aryl methyl sites for hydroxylation is 2. The summed E-state index contributed by atoms with van der Waals surface area (Å²) >= 11 is 0. The summed E-state index contributed by atoms with van der Waals surface area (Å²) in [5, 5.41) is 8.80. The molecule has 1 unspecified atom stereocenters. The predicted molar refractivity (Wildman–Crippen MR) is 108 cm³/mol. The largest absolute Gasteiger partial charge is 0.478 e. The molecule has 0 bridgehead atoms. The van der Waals surface area contributed by atoms with Gasteiger partial charge in [-0.25, -0.2) is 13.6 Å². The fourth-order valence-electron chi connectivity index (χ4n) is 3.97. The number of rotatable bonds is 5. The summed E-state index contributed by atoms with van der Waals surface area (Å²) in [6.07, 6.45) is 4.06. The van der Waals surface area contributed by atoms with Crippen LogP contribution in [0.2, 0.25) is 0 Å². The first kappa shape index (κ1) is 20.7. The Labute approximate surface area is 168 Å². The molecule has 29 heavy (non-hydrogen) atoms. The Bertz CT molecular complexity index is 961. The average Bonchev–Trinajstić information content (AvgIpc) is 2.64. The lowest BCUT2D eigenvalue weighted by Gasteiger charge is -2.35. The van der Waals surface area contributed by atoms with Crippen LogP contribution in [0.25, 0.3) is 6.08 Å². The number of halogens is 2. The van der Waals surface area contributed by atoms with Crippen molar-refractivity contribution in [3.8, 4) is 0 Å². The Kier molecular flexibility index (Phi) is 6.11. The zero-order chi connectivity index (χ0) is 21.1. The number of anilines is 1. The maximum atomic E-state index is 14.0. The Morgan fingerprint density at radius 1 is 1.21 bits per heavy atom. The lowest BCUT2D eigenvalue weighted by molar-refractivity contribution is -0.131. The lowest BCUT2D eigenvalue weighted by atomic mass is 9.89. The van der Waals surface area contributed by atoms with Crippen molar-refractivity contribution in [2.45, 2.75) is 33.1 Å². The summed E-state index contributed by atoms with van der Waals surface area (Å²) in [5.74, 6) is -2.10. The second kappa shape index (κ2) is 8.55. The maximum absolute atomic E-state index is 14.0. The van der Waals surface area contributed by atoms with Crippen molar-refractivity contribution in [3.63, 3.8) is 0 Å². The zero-order valence-corrected chi connectivity index (χ0v) is 16.4. The van der Waals surface area contributed by atoms with E-state index in [1.54, 1.807) is 4.90 Å². The molecular weight excluding hydrogens is 376 g/mol. The Morgan fingerprint density at radius 3 is 2.52 bits per heavy atom. The molecule has 2 aromatic rings. The number of nitrogens with zero attached hydrogens (tertiary/aromatic N) is 1. The highest BCUT2D eigenvalue weighted by Gasteiger charge is 2.29. The average molecular weight is 399 g/mol. The summed E-state index contributed by atoms with van der Waals surface area (Å²) in [6.45, 7) is 4.23. The van der Waals surface area contributed by atoms with Crippen LogP contribution in [0.4, 0.5) is 14.5 Å². The topological polar surface area (TPSA) is 57.6 Å². The van der Waals surface area contributed by atoms with E-state index < -0.39 is 17.6 Å². The normalized spacial score (nSPS) is 17.2. The predicted octanol–water partition coefficient (Wildman–Crippen LogP) is 4.67. The molecule has 1 fully saturated rings. The molecule has 1 amide bonds. The smallest absolute Gasteiger partial charge is 0.328 e. The van der Waals surface area contributed by atoms with Crippen molar-refractivity contribution in [1.82, 2.24) is 0 Å². The first-order chi connectivity index (χ1) is 13.7. The van der Waals surface area contributed by atoms with Crippen LogP contribution in [0, 0.1) is 31.4 Å². The van der Waals surface area contributed by atoms with Crippen LogP contribution in [0.15, 0.2) is 36.4 Å². The minimum absolute atomic E-state index is 0.0147. The molecule has 0 saturated carbocycles. The van der Waals surface area contributed by atoms with Gasteiger partial charge < -0.3 is 10.0 Å². The van der Waals surface area contributed by atoms with E-state index in [0.29, 0.717) is 31.4 Å². The Hall–Kier alpha value is -3.02. The summed E-state index contributed by atoms with van der Waals surface area (Å²) in [7, 11) is 0. The van der Waals surface area contributed by atoms with E-state index in [2.05, 4.69) is 0 Å². The number of amides is 1. The molecule has 1 saturated heterocycles. The molecule has 0 aromatic heterocycles. The van der Waals surface area contributed by atoms with Gasteiger partial charge >= 0.3 is 5.97 Å². The van der Waals surface area contributed by atoms with E-state index in [-0.39, 0.29) is 11.8 Å². The molecule has 6 heteroatoms. The molecule has 1 N–H and O–H groups in total. The SMILES string of the molecule is Cc1cc(/C=C/C(=O)O)cc(C)c1N1CC(Cc2ccc(F)cc2F)CCC1=O. The van der Waals surface area contributed by atoms with Crippen LogP contribution in [0.1, 0.15) is 35.1 Å². The second-order valence-electron chi connectivity index (χ2n) is 7.52. The van der Waals surface area contributed by atoms with Crippen LogP contribution in [0.5, 0.6) is 0 Å². The number of hydrogen-bond donors (Lipinski definition) is 1. The summed E-state index contributed by atoms with van der Waals surface area (Å²) in [6, 6.07) is 7.29. The molecular formula is C23H23F2NO3. The first-order valence-electron chi connectivity index (χ1n) is 9.51. The summed E-state index contributed by atoms with van der Waals surface area (Å²) in [4.78, 5) is 25.1. The van der Waals surface area contributed by atoms with Gasteiger partial charge in [0.05, 0.1) is 0 Å². The fourth-order valence-corrected chi connectivity index (χ4v) is 3.97. The Morgan fingerprint density at radius 2 is 1.90 bits per heavy atom. The highest BCUT2D eigenvalue weighted by atomic mass is 19.1. The van der Waals surface area contributed by atoms with E-state index in [1.807, 2.05) is 26.0 Å². The Balaban J connectivity index is 1.83. The molecule has 3 rings (SSSR count). The van der Waals surface area contributed by atoms with Gasteiger partial charge in [-0.2, -0.15) is 0 Å². The number of hydrogen-bond acceptors (Lipinski definition) is 2. The van der Waals surface area contributed by atoms with E-state index in [0.717, 1.165) is 34.5 Å². The van der Waals surface area contributed by atoms with Crippen molar-refractivity contribution < 1.29 is 23.5 Å². The minimum Gasteiger partial charge on any atom is -0.478 e. The standard InChI is InChI=1S/C23H23F2NO3/c1-14-9-16(4-8-22(28)29)10-15(2)23(14)26-13-17(3-7-21(26)27)11-18-5-6-19(24)12-20(18)25/h4-6,8-10,12,17H,3,7,11,13H2,1-2H3,(H,28,29)/b8-4+. The second-order valence-corrected chi connectivity index (χ2v) is 7.52. The number of carboxylic acid groups (broad SMARTS) is 1. The monoisotopic (exact) mass is 399 g/mol. The molecule has 2 aromatic carbocycles. The van der Waals surface area contributed by atoms with Gasteiger partial charge in [0.1, 0.15) is 11.6 Å². The highest BCUT2D eigenvalue weighted by molar-refractivity contribution is 5.96. The zero-order valence-electron chi connectivity index (χ0n) is 16.4. The molecule has 0 spiro atoms. The van der Waals surface area contributed by atoms with Gasteiger partial charge in [0, 0.05) is 30.8 Å². The van der Waals surface area contributed by atoms with E-state index in [9.17, 15) is 18.4 Å². The number of benzene rings is 2. The van der Waals surface area contributed by atoms with Gasteiger partial charge in [-0.3, -0.25) is 4.79 Å². The molecule has 1 aliphatic rings. The van der Waals surface area contributed by atoms with Crippen molar-refractivity contribution in [1.29, 1.82) is 0 Å². The van der Waals surface area contributed by atoms with Crippen LogP contribution < -0.4 is 4.90 Å². The molecule has 0 aliphatic carbocycles. The number of piperidine rings is 1. The van der Waals surface area contributed by atoms with E-state index in [1.165, 1.54) is 18.2 Å². The number of aliphatic carboxylic acids is 1. The number of carbonyl (C=O) groups is 2. The van der Waals surface area contributed by atoms with Gasteiger partial charge in [-0.1, -0.05) is 6.07 Å². The number of carboxylic acids is 1. The van der Waals surface area contributed by atoms with Crippen molar-refractivity contribution in [2.24, 2.45) is 5.92 Å². The van der Waals surface area contributed by atoms with Gasteiger partial charge in [0.25, 0.3) is 0 Å². The quantitative estimate of drug-likeness (QED) is 0.744. The third-order valence-electron chi connectivity index (χ3n) is 5.23. The summed E-state index contributed by atoms with van der Waals surface area (Å²) in [5.41, 5.74) is 3.76. The van der Waals surface area contributed by atoms with Crippen LogP contribution >= 0.6 is 0 Å². The van der Waals surface area contributed by atoms with Crippen molar-refractivity contribution >= 4 is 23.6 Å². The molecule has 1 aliphatic heterocycles. The maximum Gasteiger partial charge on any atom is 0.328 e. The lowest BCUT2D eigenvalue weighted by Crippen LogP contribution is -2.41.